The number of hydrogen-bond donors (Lipinski definition) is 2. The molecule has 2 heterocycles. The Labute approximate surface area is 145 Å². The number of imidazole rings is 1. The Bertz CT molecular complexity index is 1080. The first-order chi connectivity index (χ1) is 12.0. The van der Waals surface area contributed by atoms with Crippen molar-refractivity contribution in [3.8, 4) is 17.1 Å². The van der Waals surface area contributed by atoms with E-state index in [1.807, 2.05) is 24.5 Å². The highest BCUT2D eigenvalue weighted by Crippen LogP contribution is 2.26. The molecule has 5 nitrogen and oxygen atoms in total. The number of rotatable bonds is 3. The van der Waals surface area contributed by atoms with Gasteiger partial charge in [-0.25, -0.2) is 4.98 Å². The number of aromatic nitrogens is 3. The number of primary amides is 1. The third kappa shape index (κ3) is 2.50. The number of para-hydroxylation sites is 2. The molecule has 124 valence electrons. The molecule has 0 atom stereocenters. The molecule has 0 unspecified atom stereocenters. The van der Waals surface area contributed by atoms with Crippen LogP contribution in [0.25, 0.3) is 28.1 Å². The summed E-state index contributed by atoms with van der Waals surface area (Å²) in [5.74, 6) is 0.241. The molecule has 0 aliphatic rings. The number of H-pyrrole nitrogens is 1. The summed E-state index contributed by atoms with van der Waals surface area (Å²) >= 11 is 0. The number of amides is 1. The van der Waals surface area contributed by atoms with Crippen molar-refractivity contribution in [3.63, 3.8) is 0 Å². The number of carbonyl (C=O) groups excluding carboxylic acids is 1. The number of nitrogens with one attached hydrogen (secondary N) is 1. The minimum Gasteiger partial charge on any atom is -0.366 e. The van der Waals surface area contributed by atoms with Crippen LogP contribution in [0.15, 0.2) is 54.9 Å². The maximum atomic E-state index is 11.6. The number of aryl methyl sites for hydroxylation is 2. The van der Waals surface area contributed by atoms with Crippen molar-refractivity contribution in [2.75, 3.05) is 0 Å². The van der Waals surface area contributed by atoms with Gasteiger partial charge in [-0.05, 0) is 43.2 Å². The van der Waals surface area contributed by atoms with E-state index in [9.17, 15) is 4.79 Å². The molecule has 0 saturated heterocycles. The van der Waals surface area contributed by atoms with E-state index in [-0.39, 0.29) is 0 Å². The normalized spacial score (nSPS) is 11.1. The quantitative estimate of drug-likeness (QED) is 0.600. The second-order valence-corrected chi connectivity index (χ2v) is 6.20. The molecule has 2 aromatic carbocycles. The van der Waals surface area contributed by atoms with E-state index < -0.39 is 5.91 Å². The van der Waals surface area contributed by atoms with Gasteiger partial charge in [0.2, 0.25) is 0 Å². The van der Waals surface area contributed by atoms with Crippen LogP contribution < -0.4 is 5.73 Å². The van der Waals surface area contributed by atoms with Gasteiger partial charge in [0.05, 0.1) is 16.8 Å². The van der Waals surface area contributed by atoms with Crippen molar-refractivity contribution >= 4 is 16.9 Å². The number of aromatic amines is 1. The van der Waals surface area contributed by atoms with E-state index in [1.54, 1.807) is 12.1 Å². The lowest BCUT2D eigenvalue weighted by molar-refractivity contribution is 0.100. The lowest BCUT2D eigenvalue weighted by Crippen LogP contribution is -2.11. The van der Waals surface area contributed by atoms with Crippen molar-refractivity contribution in [3.05, 3.63) is 71.5 Å². The van der Waals surface area contributed by atoms with Gasteiger partial charge < -0.3 is 15.3 Å². The highest BCUT2D eigenvalue weighted by molar-refractivity contribution is 6.04. The van der Waals surface area contributed by atoms with Crippen LogP contribution in [0.5, 0.6) is 0 Å². The largest absolute Gasteiger partial charge is 0.366 e. The second kappa shape index (κ2) is 5.63. The molecule has 0 saturated carbocycles. The Kier molecular flexibility index (Phi) is 3.42. The lowest BCUT2D eigenvalue weighted by atomic mass is 10.1. The van der Waals surface area contributed by atoms with Crippen LogP contribution in [0.3, 0.4) is 0 Å². The number of hydrogen-bond acceptors (Lipinski definition) is 2. The van der Waals surface area contributed by atoms with Crippen molar-refractivity contribution in [2.24, 2.45) is 5.73 Å². The average Bonchev–Trinajstić information content (AvgIpc) is 3.20. The smallest absolute Gasteiger partial charge is 0.250 e. The van der Waals surface area contributed by atoms with Crippen LogP contribution in [-0.2, 0) is 0 Å². The molecule has 2 aromatic heterocycles. The number of benzene rings is 2. The molecule has 3 N–H and O–H groups in total. The molecule has 0 aliphatic heterocycles. The van der Waals surface area contributed by atoms with Crippen LogP contribution >= 0.6 is 0 Å². The SMILES string of the molecule is Cc1cccc(C)c1-n1ccc(-c2nc3c(C(N)=O)cccc3[nH]2)c1. The number of nitrogens with two attached hydrogens (primary N) is 1. The second-order valence-electron chi connectivity index (χ2n) is 6.20. The Morgan fingerprint density at radius 3 is 2.52 bits per heavy atom. The first-order valence-corrected chi connectivity index (χ1v) is 8.08. The molecule has 4 rings (SSSR count). The first kappa shape index (κ1) is 15.2. The van der Waals surface area contributed by atoms with E-state index >= 15 is 0 Å². The number of carbonyl (C=O) groups is 1. The van der Waals surface area contributed by atoms with Gasteiger partial charge >= 0.3 is 0 Å². The summed E-state index contributed by atoms with van der Waals surface area (Å²) in [5.41, 5.74) is 11.8. The van der Waals surface area contributed by atoms with Crippen LogP contribution in [0.4, 0.5) is 0 Å². The van der Waals surface area contributed by atoms with Gasteiger partial charge in [-0.2, -0.15) is 0 Å². The van der Waals surface area contributed by atoms with Crippen LogP contribution in [-0.4, -0.2) is 20.4 Å². The molecule has 1 amide bonds. The summed E-state index contributed by atoms with van der Waals surface area (Å²) in [7, 11) is 0. The number of nitrogens with zero attached hydrogens (tertiary/aromatic N) is 2. The van der Waals surface area contributed by atoms with Crippen molar-refractivity contribution in [1.29, 1.82) is 0 Å². The zero-order chi connectivity index (χ0) is 17.6. The first-order valence-electron chi connectivity index (χ1n) is 8.08. The molecule has 5 heteroatoms. The number of fused-ring (bicyclic) bond motifs is 1. The molecule has 0 bridgehead atoms. The predicted molar refractivity (Wildman–Crippen MR) is 98.8 cm³/mol. The maximum absolute atomic E-state index is 11.6. The van der Waals surface area contributed by atoms with Gasteiger partial charge in [0.15, 0.2) is 0 Å². The highest BCUT2D eigenvalue weighted by Gasteiger charge is 2.13. The summed E-state index contributed by atoms with van der Waals surface area (Å²) in [6, 6.07) is 13.6. The van der Waals surface area contributed by atoms with E-state index in [1.165, 1.54) is 16.8 Å². The third-order valence-electron chi connectivity index (χ3n) is 4.44. The zero-order valence-corrected chi connectivity index (χ0v) is 14.1. The monoisotopic (exact) mass is 330 g/mol. The Morgan fingerprint density at radius 1 is 1.08 bits per heavy atom. The van der Waals surface area contributed by atoms with Crippen LogP contribution in [0.1, 0.15) is 21.5 Å². The Hall–Kier alpha value is -3.34. The maximum Gasteiger partial charge on any atom is 0.250 e. The predicted octanol–water partition coefficient (Wildman–Crippen LogP) is 3.74. The van der Waals surface area contributed by atoms with E-state index in [4.69, 9.17) is 5.73 Å². The van der Waals surface area contributed by atoms with E-state index in [2.05, 4.69) is 46.6 Å². The Morgan fingerprint density at radius 2 is 1.80 bits per heavy atom. The fourth-order valence-corrected chi connectivity index (χ4v) is 3.26. The molecule has 0 radical (unpaired) electrons. The molecular formula is C20H18N4O. The van der Waals surface area contributed by atoms with Gasteiger partial charge in [-0.1, -0.05) is 24.3 Å². The van der Waals surface area contributed by atoms with E-state index in [0.717, 1.165) is 11.1 Å². The standard InChI is InChI=1S/C20H18N4O/c1-12-5-3-6-13(2)18(12)24-10-9-14(11-24)20-22-16-8-4-7-15(19(21)25)17(16)23-20/h3-11H,1-2H3,(H2,21,25)(H,22,23). The van der Waals surface area contributed by atoms with E-state index in [0.29, 0.717) is 16.9 Å². The summed E-state index contributed by atoms with van der Waals surface area (Å²) in [6.45, 7) is 4.20. The molecule has 0 fully saturated rings. The molecule has 0 spiro atoms. The van der Waals surface area contributed by atoms with Gasteiger partial charge in [0.25, 0.3) is 5.91 Å². The van der Waals surface area contributed by atoms with Crippen LogP contribution in [0.2, 0.25) is 0 Å². The topological polar surface area (TPSA) is 76.7 Å². The summed E-state index contributed by atoms with van der Waals surface area (Å²) in [6.07, 6.45) is 4.06. The zero-order valence-electron chi connectivity index (χ0n) is 14.1. The van der Waals surface area contributed by atoms with Gasteiger partial charge in [0, 0.05) is 18.0 Å². The average molecular weight is 330 g/mol. The van der Waals surface area contributed by atoms with Gasteiger partial charge in [0.1, 0.15) is 11.3 Å². The summed E-state index contributed by atoms with van der Waals surface area (Å²) in [4.78, 5) is 19.4. The molecule has 0 aliphatic carbocycles. The van der Waals surface area contributed by atoms with Crippen molar-refractivity contribution in [2.45, 2.75) is 13.8 Å². The summed E-state index contributed by atoms with van der Waals surface area (Å²) in [5, 5.41) is 0. The van der Waals surface area contributed by atoms with Gasteiger partial charge in [-0.15, -0.1) is 0 Å². The highest BCUT2D eigenvalue weighted by atomic mass is 16.1. The van der Waals surface area contributed by atoms with Crippen molar-refractivity contribution in [1.82, 2.24) is 14.5 Å². The Balaban J connectivity index is 1.82. The van der Waals surface area contributed by atoms with Gasteiger partial charge in [-0.3, -0.25) is 4.79 Å². The minimum atomic E-state index is -0.475. The van der Waals surface area contributed by atoms with Crippen LogP contribution in [0, 0.1) is 13.8 Å². The third-order valence-corrected chi connectivity index (χ3v) is 4.44. The molecule has 4 aromatic rings. The molecular weight excluding hydrogens is 312 g/mol. The summed E-state index contributed by atoms with van der Waals surface area (Å²) < 4.78 is 2.10. The fraction of sp³-hybridized carbons (Fsp3) is 0.100. The minimum absolute atomic E-state index is 0.425. The lowest BCUT2D eigenvalue weighted by Gasteiger charge is -2.10. The fourth-order valence-electron chi connectivity index (χ4n) is 3.26. The molecule has 25 heavy (non-hydrogen) atoms. The van der Waals surface area contributed by atoms with Crippen molar-refractivity contribution < 1.29 is 4.79 Å².